The van der Waals surface area contributed by atoms with Crippen LogP contribution in [0.5, 0.6) is 23.0 Å². The Morgan fingerprint density at radius 2 is 0.982 bits per heavy atom. The topological polar surface area (TPSA) is 173 Å². The average Bonchev–Trinajstić information content (AvgIpc) is 3.17. The Morgan fingerprint density at radius 1 is 0.579 bits per heavy atom. The van der Waals surface area contributed by atoms with E-state index >= 15 is 0 Å². The van der Waals surface area contributed by atoms with Gasteiger partial charge in [0.2, 0.25) is 0 Å². The second-order valence-electron chi connectivity index (χ2n) is 11.6. The number of unbranched alkanes of at least 4 members (excludes halogenated alkanes) is 1. The summed E-state index contributed by atoms with van der Waals surface area (Å²) in [4.78, 5) is 47.6. The van der Waals surface area contributed by atoms with Gasteiger partial charge in [-0.05, 0) is 73.5 Å². The molecule has 0 heterocycles. The van der Waals surface area contributed by atoms with Gasteiger partial charge < -0.3 is 43.4 Å². The molecule has 3 aromatic carbocycles. The molecule has 0 saturated carbocycles. The molecule has 0 fully saturated rings. The normalized spacial score (nSPS) is 12.4. The molecule has 0 saturated heterocycles. The highest BCUT2D eigenvalue weighted by Crippen LogP contribution is 2.49. The summed E-state index contributed by atoms with van der Waals surface area (Å²) in [5.74, 6) is -7.09. The molecule has 2 atom stereocenters. The van der Waals surface area contributed by atoms with Crippen LogP contribution in [0.2, 0.25) is 0 Å². The Balaban J connectivity index is 1.63. The molecule has 19 heteroatoms. The Morgan fingerprint density at radius 3 is 1.40 bits per heavy atom. The van der Waals surface area contributed by atoms with Crippen LogP contribution in [0, 0.1) is 0 Å². The molecule has 3 rings (SSSR count). The first-order chi connectivity index (χ1) is 26.9. The number of halogens is 6. The third-order valence-electron chi connectivity index (χ3n) is 7.15. The first-order valence-corrected chi connectivity index (χ1v) is 16.7. The summed E-state index contributed by atoms with van der Waals surface area (Å²) in [7, 11) is 0. The van der Waals surface area contributed by atoms with E-state index in [1.807, 2.05) is 0 Å². The number of alkyl halides is 6. The third-order valence-corrected chi connectivity index (χ3v) is 7.15. The van der Waals surface area contributed by atoms with E-state index < -0.39 is 77.7 Å². The molecule has 0 radical (unpaired) electrons. The maximum absolute atomic E-state index is 14.2. The van der Waals surface area contributed by atoms with Gasteiger partial charge in [-0.15, -0.1) is 0 Å². The highest BCUT2D eigenvalue weighted by atomic mass is 19.4. The quantitative estimate of drug-likeness (QED) is 0.0429. The standard InChI is InChI=1S/C38H36F6O13/c1-3-31(47)54-21-25(45)19-51-17-5-6-18-52-27-11-7-23(8-12-27)35(49)56-29-15-16-30(34(38(42,43)44)33(29)37(39,40)41)57-36(50)24-9-13-28(14-10-24)53-20-26(46)22-55-32(48)4-2/h3-4,7-16,25-26,45-46H,1-2,5-6,17-22H2. The SMILES string of the molecule is C=CC(=O)OCC(O)COCCCCOc1ccc(C(=O)Oc2ccc(OC(=O)c3ccc(OCC(O)COC(=O)C=C)cc3)c(C(F)(F)F)c2C(F)(F)F)cc1. The van der Waals surface area contributed by atoms with Crippen LogP contribution in [0.3, 0.4) is 0 Å². The van der Waals surface area contributed by atoms with Gasteiger partial charge in [-0.1, -0.05) is 13.2 Å². The number of hydrogen-bond donors (Lipinski definition) is 2. The Hall–Kier alpha value is -5.92. The summed E-state index contributed by atoms with van der Waals surface area (Å²) in [6.07, 6.45) is -10.9. The van der Waals surface area contributed by atoms with Crippen LogP contribution in [0.1, 0.15) is 44.7 Å². The van der Waals surface area contributed by atoms with Gasteiger partial charge in [0.25, 0.3) is 0 Å². The fourth-order valence-corrected chi connectivity index (χ4v) is 4.47. The van der Waals surface area contributed by atoms with Gasteiger partial charge in [0.1, 0.15) is 66.2 Å². The van der Waals surface area contributed by atoms with Crippen LogP contribution < -0.4 is 18.9 Å². The van der Waals surface area contributed by atoms with E-state index in [1.165, 1.54) is 12.1 Å². The zero-order chi connectivity index (χ0) is 42.2. The highest BCUT2D eigenvalue weighted by Gasteiger charge is 2.49. The lowest BCUT2D eigenvalue weighted by molar-refractivity contribution is -0.163. The van der Waals surface area contributed by atoms with Crippen molar-refractivity contribution in [1.82, 2.24) is 0 Å². The van der Waals surface area contributed by atoms with Crippen molar-refractivity contribution in [3.63, 3.8) is 0 Å². The molecule has 0 spiro atoms. The summed E-state index contributed by atoms with van der Waals surface area (Å²) < 4.78 is 120. The van der Waals surface area contributed by atoms with Gasteiger partial charge in [0.05, 0.1) is 24.3 Å². The van der Waals surface area contributed by atoms with E-state index in [4.69, 9.17) is 23.7 Å². The fourth-order valence-electron chi connectivity index (χ4n) is 4.47. The number of benzene rings is 3. The van der Waals surface area contributed by atoms with Crippen molar-refractivity contribution in [2.45, 2.75) is 37.4 Å². The average molecular weight is 815 g/mol. The lowest BCUT2D eigenvalue weighted by atomic mass is 10.0. The molecule has 308 valence electrons. The van der Waals surface area contributed by atoms with Crippen molar-refractivity contribution in [3.8, 4) is 23.0 Å². The summed E-state index contributed by atoms with van der Waals surface area (Å²) in [6, 6.07) is 10.0. The predicted octanol–water partition coefficient (Wildman–Crippen LogP) is 5.90. The number of ether oxygens (including phenoxy) is 7. The molecule has 0 amide bonds. The molecule has 57 heavy (non-hydrogen) atoms. The van der Waals surface area contributed by atoms with Gasteiger partial charge in [-0.2, -0.15) is 26.3 Å². The molecular weight excluding hydrogens is 778 g/mol. The van der Waals surface area contributed by atoms with Crippen LogP contribution >= 0.6 is 0 Å². The van der Waals surface area contributed by atoms with Gasteiger partial charge in [0.15, 0.2) is 0 Å². The van der Waals surface area contributed by atoms with Gasteiger partial charge in [-0.25, -0.2) is 19.2 Å². The van der Waals surface area contributed by atoms with E-state index in [0.29, 0.717) is 25.0 Å². The second-order valence-corrected chi connectivity index (χ2v) is 11.6. The van der Waals surface area contributed by atoms with E-state index in [0.717, 1.165) is 48.6 Å². The number of esters is 4. The molecular formula is C38H36F6O13. The number of aliphatic hydroxyl groups is 2. The first-order valence-electron chi connectivity index (χ1n) is 16.7. The number of carbonyl (C=O) groups excluding carboxylic acids is 4. The first kappa shape index (κ1) is 45.5. The van der Waals surface area contributed by atoms with Crippen molar-refractivity contribution in [2.75, 3.05) is 39.6 Å². The van der Waals surface area contributed by atoms with E-state index in [1.54, 1.807) is 0 Å². The lowest BCUT2D eigenvalue weighted by Gasteiger charge is -2.21. The van der Waals surface area contributed by atoms with Crippen molar-refractivity contribution < 1.29 is 88.9 Å². The van der Waals surface area contributed by atoms with E-state index in [2.05, 4.69) is 22.6 Å². The van der Waals surface area contributed by atoms with Crippen LogP contribution in [-0.2, 0) is 36.2 Å². The second kappa shape index (κ2) is 21.4. The lowest BCUT2D eigenvalue weighted by Crippen LogP contribution is -2.24. The van der Waals surface area contributed by atoms with E-state index in [9.17, 15) is 55.7 Å². The molecule has 0 bridgehead atoms. The van der Waals surface area contributed by atoms with Gasteiger partial charge in [0, 0.05) is 18.8 Å². The maximum atomic E-state index is 14.2. The number of hydrogen-bond acceptors (Lipinski definition) is 13. The molecule has 13 nitrogen and oxygen atoms in total. The number of rotatable bonds is 21. The molecule has 0 aliphatic rings. The maximum Gasteiger partial charge on any atom is 0.420 e. The zero-order valence-electron chi connectivity index (χ0n) is 29.8. The van der Waals surface area contributed by atoms with Gasteiger partial charge >= 0.3 is 36.2 Å². The van der Waals surface area contributed by atoms with E-state index in [-0.39, 0.29) is 55.7 Å². The summed E-state index contributed by atoms with van der Waals surface area (Å²) in [5, 5.41) is 19.5. The highest BCUT2D eigenvalue weighted by molar-refractivity contribution is 5.92. The van der Waals surface area contributed by atoms with Crippen molar-refractivity contribution >= 4 is 23.9 Å². The third kappa shape index (κ3) is 14.9. The Bertz CT molecular complexity index is 1840. The summed E-state index contributed by atoms with van der Waals surface area (Å²) in [6.45, 7) is 5.73. The van der Waals surface area contributed by atoms with Crippen LogP contribution in [0.4, 0.5) is 26.3 Å². The predicted molar refractivity (Wildman–Crippen MR) is 185 cm³/mol. The molecule has 0 aliphatic heterocycles. The molecule has 0 aliphatic carbocycles. The minimum Gasteiger partial charge on any atom is -0.494 e. The van der Waals surface area contributed by atoms with Crippen molar-refractivity contribution in [3.05, 3.63) is 108 Å². The minimum atomic E-state index is -5.75. The molecule has 2 unspecified atom stereocenters. The van der Waals surface area contributed by atoms with Crippen molar-refractivity contribution in [1.29, 1.82) is 0 Å². The molecule has 0 aromatic heterocycles. The van der Waals surface area contributed by atoms with Crippen molar-refractivity contribution in [2.24, 2.45) is 0 Å². The largest absolute Gasteiger partial charge is 0.494 e. The monoisotopic (exact) mass is 814 g/mol. The fraction of sp³-hybridized carbons (Fsp3) is 0.316. The summed E-state index contributed by atoms with van der Waals surface area (Å²) in [5.41, 5.74) is -5.55. The van der Waals surface area contributed by atoms with Crippen LogP contribution in [0.15, 0.2) is 86.0 Å². The molecule has 3 aromatic rings. The van der Waals surface area contributed by atoms with Crippen LogP contribution in [-0.4, -0.2) is 85.9 Å². The Labute approximate surface area is 320 Å². The zero-order valence-corrected chi connectivity index (χ0v) is 29.8. The smallest absolute Gasteiger partial charge is 0.420 e. The summed E-state index contributed by atoms with van der Waals surface area (Å²) >= 11 is 0. The number of aliphatic hydroxyl groups excluding tert-OH is 2. The van der Waals surface area contributed by atoms with Crippen LogP contribution in [0.25, 0.3) is 0 Å². The molecule has 2 N–H and O–H groups in total. The van der Waals surface area contributed by atoms with Gasteiger partial charge in [-0.3, -0.25) is 0 Å². The Kier molecular flexibility index (Phi) is 17.1. The number of carbonyl (C=O) groups is 4. The minimum absolute atomic E-state index is 0.0595.